The molecule has 146 valence electrons. The minimum Gasteiger partial charge on any atom is -0.342 e. The minimum atomic E-state index is -0.843. The van der Waals surface area contributed by atoms with Crippen LogP contribution < -0.4 is 5.32 Å². The fraction of sp³-hybridized carbons (Fsp3) is 0.0455. The number of aromatic nitrogens is 1. The van der Waals surface area contributed by atoms with Gasteiger partial charge in [0.05, 0.1) is 12.1 Å². The number of carbonyl (C=O) groups is 1. The Morgan fingerprint density at radius 1 is 0.897 bits per heavy atom. The second-order valence-corrected chi connectivity index (χ2v) is 7.25. The predicted octanol–water partition coefficient (Wildman–Crippen LogP) is 6.53. The van der Waals surface area contributed by atoms with Crippen LogP contribution in [-0.2, 0) is 6.54 Å². The van der Waals surface area contributed by atoms with E-state index in [1.165, 1.54) is 6.07 Å². The van der Waals surface area contributed by atoms with Gasteiger partial charge in [-0.3, -0.25) is 4.79 Å². The number of hydrogen-bond acceptors (Lipinski definition) is 1. The molecule has 0 aliphatic rings. The summed E-state index contributed by atoms with van der Waals surface area (Å²) in [7, 11) is 0. The van der Waals surface area contributed by atoms with E-state index in [9.17, 15) is 13.6 Å². The summed E-state index contributed by atoms with van der Waals surface area (Å²) in [6, 6.07) is 15.9. The van der Waals surface area contributed by atoms with Crippen LogP contribution in [0.2, 0.25) is 10.0 Å². The lowest BCUT2D eigenvalue weighted by atomic mass is 10.1. The van der Waals surface area contributed by atoms with Crippen LogP contribution in [0.15, 0.2) is 66.9 Å². The third-order valence-electron chi connectivity index (χ3n) is 4.62. The van der Waals surface area contributed by atoms with Gasteiger partial charge in [-0.1, -0.05) is 53.5 Å². The summed E-state index contributed by atoms with van der Waals surface area (Å²) in [6.07, 6.45) is 1.62. The Morgan fingerprint density at radius 3 is 2.21 bits per heavy atom. The average Bonchev–Trinajstić information content (AvgIpc) is 3.06. The second-order valence-electron chi connectivity index (χ2n) is 6.44. The van der Waals surface area contributed by atoms with Crippen LogP contribution >= 0.6 is 23.2 Å². The minimum absolute atomic E-state index is 0.284. The van der Waals surface area contributed by atoms with E-state index in [1.54, 1.807) is 36.5 Å². The number of nitrogens with zero attached hydrogens (tertiary/aromatic N) is 1. The van der Waals surface area contributed by atoms with Crippen LogP contribution in [0.25, 0.3) is 10.9 Å². The van der Waals surface area contributed by atoms with Crippen LogP contribution in [0.5, 0.6) is 0 Å². The number of para-hydroxylation sites is 2. The highest BCUT2D eigenvalue weighted by molar-refractivity contribution is 6.36. The van der Waals surface area contributed by atoms with Gasteiger partial charge in [-0.15, -0.1) is 0 Å². The van der Waals surface area contributed by atoms with Crippen molar-refractivity contribution in [3.05, 3.63) is 99.7 Å². The first-order valence-corrected chi connectivity index (χ1v) is 9.47. The molecule has 3 nitrogen and oxygen atoms in total. The summed E-state index contributed by atoms with van der Waals surface area (Å²) in [5.41, 5.74) is 1.28. The predicted molar refractivity (Wildman–Crippen MR) is 112 cm³/mol. The SMILES string of the molecule is O=C(Nc1c(F)cccc1F)c1cn(Cc2c(Cl)cccc2Cl)c2ccccc12. The Labute approximate surface area is 175 Å². The molecule has 0 fully saturated rings. The summed E-state index contributed by atoms with van der Waals surface area (Å²) in [6.45, 7) is 0.334. The lowest BCUT2D eigenvalue weighted by Crippen LogP contribution is -2.14. The largest absolute Gasteiger partial charge is 0.342 e. The normalized spacial score (nSPS) is 11.0. The lowest BCUT2D eigenvalue weighted by Gasteiger charge is -2.09. The third kappa shape index (κ3) is 3.71. The van der Waals surface area contributed by atoms with E-state index in [0.29, 0.717) is 27.5 Å². The van der Waals surface area contributed by atoms with Crippen LogP contribution in [0.3, 0.4) is 0 Å². The molecule has 0 saturated carbocycles. The molecular formula is C22H14Cl2F2N2O. The van der Waals surface area contributed by atoms with Crippen molar-refractivity contribution >= 4 is 45.7 Å². The number of halogens is 4. The zero-order valence-corrected chi connectivity index (χ0v) is 16.4. The molecule has 0 spiro atoms. The Hall–Kier alpha value is -2.89. The highest BCUT2D eigenvalue weighted by Gasteiger charge is 2.19. The van der Waals surface area contributed by atoms with Crippen LogP contribution in [0, 0.1) is 11.6 Å². The van der Waals surface area contributed by atoms with Gasteiger partial charge >= 0.3 is 0 Å². The lowest BCUT2D eigenvalue weighted by molar-refractivity contribution is 0.102. The third-order valence-corrected chi connectivity index (χ3v) is 5.33. The van der Waals surface area contributed by atoms with Gasteiger partial charge in [0.2, 0.25) is 0 Å². The second kappa shape index (κ2) is 7.85. The van der Waals surface area contributed by atoms with E-state index >= 15 is 0 Å². The molecule has 7 heteroatoms. The zero-order chi connectivity index (χ0) is 20.5. The van der Waals surface area contributed by atoms with E-state index < -0.39 is 23.2 Å². The molecule has 1 N–H and O–H groups in total. The average molecular weight is 431 g/mol. The molecule has 0 bridgehead atoms. The Bertz CT molecular complexity index is 1200. The van der Waals surface area contributed by atoms with Gasteiger partial charge in [-0.25, -0.2) is 8.78 Å². The highest BCUT2D eigenvalue weighted by atomic mass is 35.5. The van der Waals surface area contributed by atoms with E-state index in [1.807, 2.05) is 16.7 Å². The molecule has 29 heavy (non-hydrogen) atoms. The van der Waals surface area contributed by atoms with Gasteiger partial charge in [-0.2, -0.15) is 0 Å². The Kier molecular flexibility index (Phi) is 5.26. The molecule has 3 aromatic carbocycles. The fourth-order valence-electron chi connectivity index (χ4n) is 3.21. The van der Waals surface area contributed by atoms with Crippen molar-refractivity contribution < 1.29 is 13.6 Å². The molecule has 1 heterocycles. The van der Waals surface area contributed by atoms with E-state index in [4.69, 9.17) is 23.2 Å². The van der Waals surface area contributed by atoms with Gasteiger partial charge in [0.1, 0.15) is 17.3 Å². The molecule has 1 amide bonds. The van der Waals surface area contributed by atoms with E-state index in [0.717, 1.165) is 17.6 Å². The fourth-order valence-corrected chi connectivity index (χ4v) is 3.73. The maximum absolute atomic E-state index is 13.9. The van der Waals surface area contributed by atoms with Crippen molar-refractivity contribution in [2.45, 2.75) is 6.54 Å². The van der Waals surface area contributed by atoms with Crippen molar-refractivity contribution in [3.63, 3.8) is 0 Å². The summed E-state index contributed by atoms with van der Waals surface area (Å²) in [5.74, 6) is -2.30. The first-order valence-electron chi connectivity index (χ1n) is 8.72. The smallest absolute Gasteiger partial charge is 0.257 e. The summed E-state index contributed by atoms with van der Waals surface area (Å²) in [5, 5.41) is 3.99. The number of fused-ring (bicyclic) bond motifs is 1. The molecule has 0 aliphatic heterocycles. The summed E-state index contributed by atoms with van der Waals surface area (Å²) < 4.78 is 29.7. The number of nitrogens with one attached hydrogen (secondary N) is 1. The Balaban J connectivity index is 1.75. The summed E-state index contributed by atoms with van der Waals surface area (Å²) >= 11 is 12.6. The van der Waals surface area contributed by atoms with Gasteiger partial charge in [0.15, 0.2) is 0 Å². The molecule has 0 saturated heterocycles. The number of amides is 1. The Morgan fingerprint density at radius 2 is 1.52 bits per heavy atom. The van der Waals surface area contributed by atoms with Crippen molar-refractivity contribution in [2.24, 2.45) is 0 Å². The maximum Gasteiger partial charge on any atom is 0.257 e. The molecular weight excluding hydrogens is 417 g/mol. The van der Waals surface area contributed by atoms with Crippen LogP contribution in [0.1, 0.15) is 15.9 Å². The van der Waals surface area contributed by atoms with Gasteiger partial charge < -0.3 is 9.88 Å². The van der Waals surface area contributed by atoms with E-state index in [2.05, 4.69) is 5.32 Å². The van der Waals surface area contributed by atoms with Crippen molar-refractivity contribution in [2.75, 3.05) is 5.32 Å². The molecule has 0 unspecified atom stereocenters. The summed E-state index contributed by atoms with van der Waals surface area (Å²) in [4.78, 5) is 12.8. The monoisotopic (exact) mass is 430 g/mol. The van der Waals surface area contributed by atoms with Crippen LogP contribution in [0.4, 0.5) is 14.5 Å². The molecule has 0 atom stereocenters. The number of carbonyl (C=O) groups excluding carboxylic acids is 1. The topological polar surface area (TPSA) is 34.0 Å². The molecule has 0 radical (unpaired) electrons. The van der Waals surface area contributed by atoms with Crippen molar-refractivity contribution in [3.8, 4) is 0 Å². The highest BCUT2D eigenvalue weighted by Crippen LogP contribution is 2.29. The zero-order valence-electron chi connectivity index (χ0n) is 14.9. The molecule has 4 rings (SSSR count). The number of benzene rings is 3. The number of rotatable bonds is 4. The molecule has 1 aromatic heterocycles. The molecule has 0 aliphatic carbocycles. The standard InChI is InChI=1S/C22H14Cl2F2N2O/c23-16-6-3-7-17(24)15(16)12-28-11-14(13-5-1-2-10-20(13)28)22(29)27-21-18(25)8-4-9-19(21)26/h1-11H,12H2,(H,27,29). The van der Waals surface area contributed by atoms with Gasteiger partial charge in [0.25, 0.3) is 5.91 Å². The number of anilines is 1. The first kappa shape index (κ1) is 19.4. The number of hydrogen-bond donors (Lipinski definition) is 1. The van der Waals surface area contributed by atoms with Crippen LogP contribution in [-0.4, -0.2) is 10.5 Å². The van der Waals surface area contributed by atoms with Gasteiger partial charge in [-0.05, 0) is 30.3 Å². The maximum atomic E-state index is 13.9. The van der Waals surface area contributed by atoms with E-state index in [-0.39, 0.29) is 5.56 Å². The first-order chi connectivity index (χ1) is 14.0. The quantitative estimate of drug-likeness (QED) is 0.392. The van der Waals surface area contributed by atoms with Crippen molar-refractivity contribution in [1.82, 2.24) is 4.57 Å². The van der Waals surface area contributed by atoms with Gasteiger partial charge in [0, 0.05) is 32.7 Å². The molecule has 4 aromatic rings. The van der Waals surface area contributed by atoms with Crippen molar-refractivity contribution in [1.29, 1.82) is 0 Å².